The third kappa shape index (κ3) is 6.55. The number of nitrogens with one attached hydrogen (secondary N) is 1. The van der Waals surface area contributed by atoms with Crippen molar-refractivity contribution in [3.63, 3.8) is 0 Å². The number of rotatable bonds is 7. The summed E-state index contributed by atoms with van der Waals surface area (Å²) in [6.07, 6.45) is 5.50. The maximum absolute atomic E-state index is 4.94. The van der Waals surface area contributed by atoms with Crippen LogP contribution in [0, 0.1) is 6.92 Å². The van der Waals surface area contributed by atoms with Gasteiger partial charge in [-0.3, -0.25) is 4.90 Å². The number of aromatic nitrogens is 3. The highest BCUT2D eigenvalue weighted by molar-refractivity contribution is 14.0. The summed E-state index contributed by atoms with van der Waals surface area (Å²) in [7, 11) is 0. The van der Waals surface area contributed by atoms with E-state index in [9.17, 15) is 0 Å². The van der Waals surface area contributed by atoms with E-state index in [1.165, 1.54) is 11.1 Å². The molecule has 0 spiro atoms. The van der Waals surface area contributed by atoms with E-state index in [-0.39, 0.29) is 24.0 Å². The van der Waals surface area contributed by atoms with Gasteiger partial charge >= 0.3 is 0 Å². The lowest BCUT2D eigenvalue weighted by Gasteiger charge is -2.36. The molecule has 4 rings (SSSR count). The van der Waals surface area contributed by atoms with Crippen LogP contribution in [0.25, 0.3) is 0 Å². The zero-order valence-corrected chi connectivity index (χ0v) is 21.1. The van der Waals surface area contributed by atoms with E-state index in [4.69, 9.17) is 9.52 Å². The molecule has 0 amide bonds. The molecule has 1 N–H and O–H groups in total. The molecule has 3 heterocycles. The number of hydrogen-bond donors (Lipinski definition) is 1. The van der Waals surface area contributed by atoms with Gasteiger partial charge in [0.1, 0.15) is 12.1 Å². The second kappa shape index (κ2) is 12.0. The van der Waals surface area contributed by atoms with Crippen LogP contribution in [-0.2, 0) is 19.6 Å². The van der Waals surface area contributed by atoms with Crippen LogP contribution < -0.4 is 5.32 Å². The molecule has 1 aromatic carbocycles. The molecular weight excluding hydrogens is 517 g/mol. The zero-order chi connectivity index (χ0) is 21.5. The van der Waals surface area contributed by atoms with E-state index in [0.717, 1.165) is 63.3 Å². The summed E-state index contributed by atoms with van der Waals surface area (Å²) in [4.78, 5) is 14.0. The topological polar surface area (TPSA) is 74.7 Å². The number of benzene rings is 1. The SMILES string of the molecule is CCNC(=NCc1cccc(Cn2ccnc2C)c1)N1CCN(Cc2ccon2)CC1.I. The number of aliphatic imine (C=N–C) groups is 1. The molecule has 0 saturated carbocycles. The Morgan fingerprint density at radius 2 is 1.94 bits per heavy atom. The average Bonchev–Trinajstić information content (AvgIpc) is 3.44. The number of nitrogens with zero attached hydrogens (tertiary/aromatic N) is 6. The summed E-state index contributed by atoms with van der Waals surface area (Å²) < 4.78 is 7.10. The van der Waals surface area contributed by atoms with Crippen molar-refractivity contribution in [1.29, 1.82) is 0 Å². The Morgan fingerprint density at radius 1 is 1.12 bits per heavy atom. The van der Waals surface area contributed by atoms with Gasteiger partial charge < -0.3 is 19.3 Å². The number of imidazole rings is 1. The van der Waals surface area contributed by atoms with E-state index in [1.807, 2.05) is 25.4 Å². The molecule has 32 heavy (non-hydrogen) atoms. The summed E-state index contributed by atoms with van der Waals surface area (Å²) in [5.41, 5.74) is 3.47. The molecule has 1 saturated heterocycles. The van der Waals surface area contributed by atoms with Crippen LogP contribution in [0.4, 0.5) is 0 Å². The molecule has 1 aliphatic heterocycles. The molecule has 8 nitrogen and oxygen atoms in total. The molecule has 0 aliphatic carbocycles. The van der Waals surface area contributed by atoms with Crippen LogP contribution in [0.15, 0.2) is 58.5 Å². The molecule has 1 aliphatic rings. The smallest absolute Gasteiger partial charge is 0.194 e. The van der Waals surface area contributed by atoms with Crippen LogP contribution in [0.3, 0.4) is 0 Å². The number of halogens is 1. The fourth-order valence-corrected chi connectivity index (χ4v) is 3.85. The lowest BCUT2D eigenvalue weighted by Crippen LogP contribution is -2.52. The van der Waals surface area contributed by atoms with Crippen molar-refractivity contribution in [3.05, 3.63) is 71.6 Å². The Labute approximate surface area is 206 Å². The highest BCUT2D eigenvalue weighted by atomic mass is 127. The number of guanidine groups is 1. The van der Waals surface area contributed by atoms with E-state index in [2.05, 4.69) is 61.0 Å². The number of piperazine rings is 1. The fourth-order valence-electron chi connectivity index (χ4n) is 3.85. The maximum atomic E-state index is 4.94. The van der Waals surface area contributed by atoms with Gasteiger partial charge in [0.15, 0.2) is 5.96 Å². The average molecular weight is 549 g/mol. The summed E-state index contributed by atoms with van der Waals surface area (Å²) in [5.74, 6) is 2.01. The van der Waals surface area contributed by atoms with Crippen molar-refractivity contribution >= 4 is 29.9 Å². The highest BCUT2D eigenvalue weighted by Crippen LogP contribution is 2.11. The van der Waals surface area contributed by atoms with Crippen molar-refractivity contribution < 1.29 is 4.52 Å². The summed E-state index contributed by atoms with van der Waals surface area (Å²) in [6.45, 7) is 11.2. The van der Waals surface area contributed by atoms with Crippen molar-refractivity contribution in [2.24, 2.45) is 4.99 Å². The van der Waals surface area contributed by atoms with Crippen LogP contribution in [-0.4, -0.2) is 63.2 Å². The second-order valence-corrected chi connectivity index (χ2v) is 7.85. The molecule has 0 bridgehead atoms. The van der Waals surface area contributed by atoms with Gasteiger partial charge in [0.05, 0.1) is 12.2 Å². The van der Waals surface area contributed by atoms with Gasteiger partial charge in [-0.05, 0) is 25.0 Å². The Kier molecular flexibility index (Phi) is 9.10. The molecule has 172 valence electrons. The van der Waals surface area contributed by atoms with Gasteiger partial charge in [0.25, 0.3) is 0 Å². The van der Waals surface area contributed by atoms with Crippen LogP contribution in [0.2, 0.25) is 0 Å². The third-order valence-electron chi connectivity index (χ3n) is 5.56. The molecule has 0 atom stereocenters. The van der Waals surface area contributed by atoms with E-state index >= 15 is 0 Å². The van der Waals surface area contributed by atoms with Crippen molar-refractivity contribution in [1.82, 2.24) is 29.8 Å². The Morgan fingerprint density at radius 3 is 2.62 bits per heavy atom. The molecular formula is C23H32IN7O. The second-order valence-electron chi connectivity index (χ2n) is 7.85. The van der Waals surface area contributed by atoms with Gasteiger partial charge in [-0.2, -0.15) is 0 Å². The normalized spacial score (nSPS) is 14.9. The van der Waals surface area contributed by atoms with E-state index < -0.39 is 0 Å². The van der Waals surface area contributed by atoms with Crippen LogP contribution in [0.5, 0.6) is 0 Å². The Bertz CT molecular complexity index is 978. The van der Waals surface area contributed by atoms with Gasteiger partial charge in [0, 0.05) is 64.3 Å². The first kappa shape index (κ1) is 24.2. The van der Waals surface area contributed by atoms with Crippen molar-refractivity contribution in [2.75, 3.05) is 32.7 Å². The summed E-state index contributed by atoms with van der Waals surface area (Å²) in [6, 6.07) is 10.6. The zero-order valence-electron chi connectivity index (χ0n) is 18.8. The highest BCUT2D eigenvalue weighted by Gasteiger charge is 2.20. The predicted octanol–water partition coefficient (Wildman–Crippen LogP) is 3.13. The van der Waals surface area contributed by atoms with Gasteiger partial charge in [0.2, 0.25) is 0 Å². The molecule has 0 unspecified atom stereocenters. The standard InChI is InChI=1S/C23H31N7O.HI/c1-3-24-23(29-12-10-28(11-13-29)18-22-7-14-31-27-22)26-16-20-5-4-6-21(15-20)17-30-9-8-25-19(30)2;/h4-9,14-15H,3,10-13,16-18H2,1-2H3,(H,24,26);1H. The molecule has 9 heteroatoms. The van der Waals surface area contributed by atoms with E-state index in [1.54, 1.807) is 6.26 Å². The minimum Gasteiger partial charge on any atom is -0.364 e. The maximum Gasteiger partial charge on any atom is 0.194 e. The van der Waals surface area contributed by atoms with Crippen LogP contribution >= 0.6 is 24.0 Å². The lowest BCUT2D eigenvalue weighted by molar-refractivity contribution is 0.169. The largest absolute Gasteiger partial charge is 0.364 e. The van der Waals surface area contributed by atoms with Crippen LogP contribution in [0.1, 0.15) is 29.6 Å². The number of aryl methyl sites for hydroxylation is 1. The van der Waals surface area contributed by atoms with E-state index in [0.29, 0.717) is 6.54 Å². The first-order valence-electron chi connectivity index (χ1n) is 10.9. The predicted molar refractivity (Wildman–Crippen MR) is 136 cm³/mol. The summed E-state index contributed by atoms with van der Waals surface area (Å²) in [5, 5.41) is 7.48. The first-order chi connectivity index (χ1) is 15.2. The molecule has 3 aromatic rings. The van der Waals surface area contributed by atoms with Crippen molar-refractivity contribution in [2.45, 2.75) is 33.5 Å². The number of hydrogen-bond acceptors (Lipinski definition) is 5. The Hall–Kier alpha value is -2.40. The van der Waals surface area contributed by atoms with Crippen molar-refractivity contribution in [3.8, 4) is 0 Å². The minimum absolute atomic E-state index is 0. The molecule has 0 radical (unpaired) electrons. The lowest BCUT2D eigenvalue weighted by atomic mass is 10.1. The van der Waals surface area contributed by atoms with Gasteiger partial charge in [-0.1, -0.05) is 29.4 Å². The van der Waals surface area contributed by atoms with Gasteiger partial charge in [-0.15, -0.1) is 24.0 Å². The van der Waals surface area contributed by atoms with Gasteiger partial charge in [-0.25, -0.2) is 9.98 Å². The molecule has 2 aromatic heterocycles. The Balaban J connectivity index is 0.00000289. The quantitative estimate of drug-likeness (QED) is 0.278. The molecule has 1 fully saturated rings. The summed E-state index contributed by atoms with van der Waals surface area (Å²) >= 11 is 0. The fraction of sp³-hybridized carbons (Fsp3) is 0.435. The third-order valence-corrected chi connectivity index (χ3v) is 5.56. The first-order valence-corrected chi connectivity index (χ1v) is 10.9. The monoisotopic (exact) mass is 549 g/mol. The minimum atomic E-state index is 0.